The van der Waals surface area contributed by atoms with Gasteiger partial charge in [-0.1, -0.05) is 0 Å². The molecule has 3 heterocycles. The summed E-state index contributed by atoms with van der Waals surface area (Å²) in [5, 5.41) is 6.17. The number of piperidine rings is 1. The van der Waals surface area contributed by atoms with Crippen molar-refractivity contribution in [2.75, 3.05) is 45.3 Å². The molecule has 0 bridgehead atoms. The molecule has 0 radical (unpaired) electrons. The van der Waals surface area contributed by atoms with Crippen LogP contribution in [0.15, 0.2) is 22.4 Å². The van der Waals surface area contributed by atoms with E-state index in [-0.39, 0.29) is 17.5 Å². The Kier molecular flexibility index (Phi) is 6.22. The summed E-state index contributed by atoms with van der Waals surface area (Å²) >= 11 is 1.29. The highest BCUT2D eigenvalue weighted by Crippen LogP contribution is 2.23. The van der Waals surface area contributed by atoms with Crippen LogP contribution in [0.1, 0.15) is 34.9 Å². The topological polar surface area (TPSA) is 80.6 Å². The molecule has 2 aromatic rings. The second-order valence-electron chi connectivity index (χ2n) is 6.77. The summed E-state index contributed by atoms with van der Waals surface area (Å²) in [4.78, 5) is 29.1. The number of aromatic nitrogens is 3. The predicted octanol–water partition coefficient (Wildman–Crippen LogP) is 1.57. The van der Waals surface area contributed by atoms with Gasteiger partial charge in [0.05, 0.1) is 35.8 Å². The summed E-state index contributed by atoms with van der Waals surface area (Å²) in [6.45, 7) is 4.28. The van der Waals surface area contributed by atoms with Gasteiger partial charge >= 0.3 is 0 Å². The molecule has 2 aromatic heterocycles. The van der Waals surface area contributed by atoms with Crippen LogP contribution in [-0.4, -0.2) is 65.4 Å². The summed E-state index contributed by atoms with van der Waals surface area (Å²) in [6.07, 6.45) is 3.37. The van der Waals surface area contributed by atoms with Gasteiger partial charge in [0.2, 0.25) is 0 Å². The number of carbonyl (C=O) groups excluding carboxylic acids is 1. The fourth-order valence-corrected chi connectivity index (χ4v) is 3.94. The highest BCUT2D eigenvalue weighted by Gasteiger charge is 2.28. The van der Waals surface area contributed by atoms with Gasteiger partial charge in [-0.05, 0) is 31.3 Å². The fraction of sp³-hybridized carbons (Fsp3) is 0.556. The van der Waals surface area contributed by atoms with Gasteiger partial charge in [-0.2, -0.15) is 9.47 Å². The summed E-state index contributed by atoms with van der Waals surface area (Å²) in [5.41, 5.74) is 2.02. The normalized spacial score (nSPS) is 17.1. The van der Waals surface area contributed by atoms with E-state index in [0.717, 1.165) is 24.2 Å². The Bertz CT molecular complexity index is 850. The van der Waals surface area contributed by atoms with Crippen LogP contribution in [0.4, 0.5) is 5.69 Å². The van der Waals surface area contributed by atoms with Crippen molar-refractivity contribution in [1.82, 2.24) is 19.1 Å². The number of methoxy groups -OCH3 is 1. The van der Waals surface area contributed by atoms with Crippen molar-refractivity contribution in [3.63, 3.8) is 0 Å². The predicted molar refractivity (Wildman–Crippen MR) is 105 cm³/mol. The number of hydrogen-bond donors (Lipinski definition) is 0. The van der Waals surface area contributed by atoms with Crippen molar-refractivity contribution >= 4 is 23.1 Å². The lowest BCUT2D eigenvalue weighted by atomic mass is 10.0. The molecule has 1 aliphatic rings. The van der Waals surface area contributed by atoms with Crippen molar-refractivity contribution in [1.29, 1.82) is 0 Å². The van der Waals surface area contributed by atoms with E-state index < -0.39 is 0 Å². The van der Waals surface area contributed by atoms with Crippen LogP contribution in [0, 0.1) is 6.92 Å². The van der Waals surface area contributed by atoms with Gasteiger partial charge in [-0.25, -0.2) is 4.68 Å². The van der Waals surface area contributed by atoms with E-state index in [9.17, 15) is 9.59 Å². The SMILES string of the molecule is COCCN(C)c1cnn([C@H]2CCCN(C(=O)c3csnc3C)C2)c(=O)c1. The van der Waals surface area contributed by atoms with Crippen LogP contribution in [0.2, 0.25) is 0 Å². The number of nitrogens with zero attached hydrogens (tertiary/aromatic N) is 5. The zero-order valence-corrected chi connectivity index (χ0v) is 16.7. The summed E-state index contributed by atoms with van der Waals surface area (Å²) in [7, 11) is 3.55. The Balaban J connectivity index is 1.73. The van der Waals surface area contributed by atoms with Crippen LogP contribution < -0.4 is 10.5 Å². The van der Waals surface area contributed by atoms with Crippen LogP contribution in [0.5, 0.6) is 0 Å². The first-order valence-electron chi connectivity index (χ1n) is 9.00. The van der Waals surface area contributed by atoms with E-state index in [2.05, 4.69) is 9.47 Å². The summed E-state index contributed by atoms with van der Waals surface area (Å²) in [5.74, 6) is -0.0186. The highest BCUT2D eigenvalue weighted by atomic mass is 32.1. The molecule has 3 rings (SSSR count). The van der Waals surface area contributed by atoms with Gasteiger partial charge in [-0.15, -0.1) is 0 Å². The third-order valence-corrected chi connectivity index (χ3v) is 5.61. The quantitative estimate of drug-likeness (QED) is 0.744. The molecule has 0 spiro atoms. The molecule has 0 aromatic carbocycles. The first-order chi connectivity index (χ1) is 13.0. The zero-order valence-electron chi connectivity index (χ0n) is 15.9. The largest absolute Gasteiger partial charge is 0.383 e. The Morgan fingerprint density at radius 2 is 2.30 bits per heavy atom. The highest BCUT2D eigenvalue weighted by molar-refractivity contribution is 7.03. The average Bonchev–Trinajstić information content (AvgIpc) is 3.11. The van der Waals surface area contributed by atoms with Crippen molar-refractivity contribution in [2.24, 2.45) is 0 Å². The molecule has 1 saturated heterocycles. The van der Waals surface area contributed by atoms with Crippen LogP contribution in [0.25, 0.3) is 0 Å². The van der Waals surface area contributed by atoms with Gasteiger partial charge in [0, 0.05) is 45.2 Å². The molecule has 8 nitrogen and oxygen atoms in total. The van der Waals surface area contributed by atoms with Crippen molar-refractivity contribution < 1.29 is 9.53 Å². The first kappa shape index (κ1) is 19.5. The van der Waals surface area contributed by atoms with Gasteiger partial charge in [0.15, 0.2) is 0 Å². The van der Waals surface area contributed by atoms with Crippen molar-refractivity contribution in [3.8, 4) is 0 Å². The van der Waals surface area contributed by atoms with E-state index in [1.54, 1.807) is 29.7 Å². The maximum atomic E-state index is 12.8. The maximum Gasteiger partial charge on any atom is 0.269 e. The lowest BCUT2D eigenvalue weighted by Gasteiger charge is -2.33. The smallest absolute Gasteiger partial charge is 0.269 e. The van der Waals surface area contributed by atoms with Gasteiger partial charge in [0.1, 0.15) is 0 Å². The summed E-state index contributed by atoms with van der Waals surface area (Å²) < 4.78 is 10.8. The Hall–Kier alpha value is -2.26. The Labute approximate surface area is 162 Å². The maximum absolute atomic E-state index is 12.8. The van der Waals surface area contributed by atoms with Gasteiger partial charge < -0.3 is 14.5 Å². The summed E-state index contributed by atoms with van der Waals surface area (Å²) in [6, 6.07) is 1.48. The number of likely N-dealkylation sites (N-methyl/N-ethyl adjacent to an activating group) is 1. The standard InChI is InChI=1S/C18H25N5O3S/c1-13-16(12-27-20-13)18(25)22-6-4-5-14(11-22)23-17(24)9-15(10-19-23)21(2)7-8-26-3/h9-10,12,14H,4-8,11H2,1-3H3/t14-/m0/s1. The first-order valence-corrected chi connectivity index (χ1v) is 9.84. The molecule has 1 atom stereocenters. The van der Waals surface area contributed by atoms with Crippen molar-refractivity contribution in [2.45, 2.75) is 25.8 Å². The zero-order chi connectivity index (χ0) is 19.4. The average molecular weight is 391 g/mol. The monoisotopic (exact) mass is 391 g/mol. The van der Waals surface area contributed by atoms with Gasteiger partial charge in [-0.3, -0.25) is 9.59 Å². The lowest BCUT2D eigenvalue weighted by molar-refractivity contribution is 0.0669. The molecule has 1 amide bonds. The molecule has 1 aliphatic heterocycles. The van der Waals surface area contributed by atoms with E-state index in [0.29, 0.717) is 31.8 Å². The number of likely N-dealkylation sites (tertiary alicyclic amines) is 1. The Morgan fingerprint density at radius 1 is 1.48 bits per heavy atom. The van der Waals surface area contributed by atoms with E-state index in [4.69, 9.17) is 4.74 Å². The fourth-order valence-electron chi connectivity index (χ4n) is 3.26. The molecule has 0 aliphatic carbocycles. The Morgan fingerprint density at radius 3 is 2.96 bits per heavy atom. The molecule has 146 valence electrons. The van der Waals surface area contributed by atoms with Crippen LogP contribution in [-0.2, 0) is 4.74 Å². The number of hydrogen-bond acceptors (Lipinski definition) is 7. The lowest BCUT2D eigenvalue weighted by Crippen LogP contribution is -2.43. The minimum atomic E-state index is -0.149. The minimum absolute atomic E-state index is 0.0186. The second kappa shape index (κ2) is 8.62. The van der Waals surface area contributed by atoms with Gasteiger partial charge in [0.25, 0.3) is 11.5 Å². The molecule has 1 fully saturated rings. The minimum Gasteiger partial charge on any atom is -0.383 e. The number of amides is 1. The molecule has 27 heavy (non-hydrogen) atoms. The van der Waals surface area contributed by atoms with Crippen LogP contribution in [0.3, 0.4) is 0 Å². The van der Waals surface area contributed by atoms with E-state index in [1.165, 1.54) is 16.2 Å². The third-order valence-electron chi connectivity index (χ3n) is 4.89. The number of anilines is 1. The number of carbonyl (C=O) groups is 1. The van der Waals surface area contributed by atoms with Crippen molar-refractivity contribution in [3.05, 3.63) is 39.3 Å². The third kappa shape index (κ3) is 4.36. The molecule has 0 saturated carbocycles. The van der Waals surface area contributed by atoms with E-state index in [1.807, 2.05) is 18.9 Å². The molecular weight excluding hydrogens is 366 g/mol. The number of ether oxygens (including phenoxy) is 1. The van der Waals surface area contributed by atoms with Crippen LogP contribution >= 0.6 is 11.5 Å². The van der Waals surface area contributed by atoms with E-state index >= 15 is 0 Å². The molecule has 0 unspecified atom stereocenters. The molecule has 9 heteroatoms. The number of rotatable bonds is 6. The number of aryl methyl sites for hydroxylation is 1. The molecular formula is C18H25N5O3S. The molecule has 0 N–H and O–H groups in total. The second-order valence-corrected chi connectivity index (χ2v) is 7.40.